The van der Waals surface area contributed by atoms with E-state index in [0.717, 1.165) is 12.8 Å². The highest BCUT2D eigenvalue weighted by Gasteiger charge is 2.23. The second-order valence-corrected chi connectivity index (χ2v) is 5.23. The van der Waals surface area contributed by atoms with Crippen LogP contribution in [0.3, 0.4) is 0 Å². The Morgan fingerprint density at radius 3 is 2.33 bits per heavy atom. The highest BCUT2D eigenvalue weighted by molar-refractivity contribution is 7.89. The molecular weight excluding hydrogens is 214 g/mol. The van der Waals surface area contributed by atoms with E-state index in [2.05, 4.69) is 10.2 Å². The van der Waals surface area contributed by atoms with Crippen LogP contribution in [0.15, 0.2) is 17.3 Å². The number of sulfonamides is 1. The van der Waals surface area contributed by atoms with Gasteiger partial charge in [0.2, 0.25) is 0 Å². The standard InChI is InChI=1S/C9H17N3O2S/c1-3-7-12(8-4-2)15(13,14)9-5-6-10-11-9/h5-6H,3-4,7-8H2,1-2H3,(H,10,11). The van der Waals surface area contributed by atoms with Gasteiger partial charge < -0.3 is 0 Å². The number of hydrogen-bond acceptors (Lipinski definition) is 3. The van der Waals surface area contributed by atoms with Crippen LogP contribution in [0.25, 0.3) is 0 Å². The fraction of sp³-hybridized carbons (Fsp3) is 0.667. The highest BCUT2D eigenvalue weighted by Crippen LogP contribution is 2.12. The van der Waals surface area contributed by atoms with Crippen LogP contribution in [0.1, 0.15) is 26.7 Å². The molecule has 0 saturated heterocycles. The van der Waals surface area contributed by atoms with Crippen molar-refractivity contribution >= 4 is 10.0 Å². The fourth-order valence-electron chi connectivity index (χ4n) is 1.38. The van der Waals surface area contributed by atoms with Crippen LogP contribution in [0, 0.1) is 0 Å². The zero-order chi connectivity index (χ0) is 11.3. The summed E-state index contributed by atoms with van der Waals surface area (Å²) in [4.78, 5) is 0. The zero-order valence-corrected chi connectivity index (χ0v) is 9.92. The van der Waals surface area contributed by atoms with Gasteiger partial charge >= 0.3 is 0 Å². The van der Waals surface area contributed by atoms with Crippen molar-refractivity contribution < 1.29 is 8.42 Å². The molecule has 5 nitrogen and oxygen atoms in total. The molecule has 15 heavy (non-hydrogen) atoms. The third kappa shape index (κ3) is 2.79. The predicted molar refractivity (Wildman–Crippen MR) is 57.9 cm³/mol. The van der Waals surface area contributed by atoms with Crippen LogP contribution in [-0.2, 0) is 10.0 Å². The van der Waals surface area contributed by atoms with E-state index in [4.69, 9.17) is 0 Å². The van der Waals surface area contributed by atoms with E-state index in [9.17, 15) is 8.42 Å². The number of aromatic amines is 1. The first-order valence-electron chi connectivity index (χ1n) is 5.12. The van der Waals surface area contributed by atoms with Gasteiger partial charge in [0.05, 0.1) is 6.20 Å². The first kappa shape index (κ1) is 12.2. The summed E-state index contributed by atoms with van der Waals surface area (Å²) in [5, 5.41) is 6.33. The molecular formula is C9H17N3O2S. The maximum Gasteiger partial charge on any atom is 0.259 e. The van der Waals surface area contributed by atoms with Gasteiger partial charge in [0.1, 0.15) is 0 Å². The second kappa shape index (κ2) is 5.27. The highest BCUT2D eigenvalue weighted by atomic mass is 32.2. The first-order valence-corrected chi connectivity index (χ1v) is 6.56. The summed E-state index contributed by atoms with van der Waals surface area (Å²) in [6.45, 7) is 5.03. The summed E-state index contributed by atoms with van der Waals surface area (Å²) >= 11 is 0. The smallest absolute Gasteiger partial charge is 0.259 e. The minimum atomic E-state index is -3.37. The fourth-order valence-corrected chi connectivity index (χ4v) is 2.90. The van der Waals surface area contributed by atoms with E-state index in [1.54, 1.807) is 0 Å². The Kier molecular flexibility index (Phi) is 4.28. The van der Waals surface area contributed by atoms with Crippen molar-refractivity contribution in [3.63, 3.8) is 0 Å². The van der Waals surface area contributed by atoms with Gasteiger partial charge in [-0.2, -0.15) is 9.40 Å². The van der Waals surface area contributed by atoms with Crippen molar-refractivity contribution in [2.24, 2.45) is 0 Å². The lowest BCUT2D eigenvalue weighted by atomic mass is 10.4. The van der Waals surface area contributed by atoms with E-state index in [0.29, 0.717) is 13.1 Å². The Labute approximate surface area is 90.5 Å². The predicted octanol–water partition coefficient (Wildman–Crippen LogP) is 1.22. The van der Waals surface area contributed by atoms with Gasteiger partial charge in [-0.15, -0.1) is 0 Å². The molecule has 0 aliphatic carbocycles. The molecule has 0 bridgehead atoms. The molecule has 1 rings (SSSR count). The van der Waals surface area contributed by atoms with Gasteiger partial charge in [0.25, 0.3) is 10.0 Å². The Morgan fingerprint density at radius 2 is 1.93 bits per heavy atom. The molecule has 0 unspecified atom stereocenters. The molecule has 0 aliphatic heterocycles. The molecule has 0 spiro atoms. The molecule has 1 aromatic rings. The van der Waals surface area contributed by atoms with Crippen LogP contribution in [0.4, 0.5) is 0 Å². The number of aromatic nitrogens is 2. The van der Waals surface area contributed by atoms with Crippen molar-refractivity contribution in [1.29, 1.82) is 0 Å². The summed E-state index contributed by atoms with van der Waals surface area (Å²) in [7, 11) is -3.37. The first-order chi connectivity index (χ1) is 7.12. The van der Waals surface area contributed by atoms with E-state index in [-0.39, 0.29) is 5.03 Å². The number of rotatable bonds is 6. The maximum absolute atomic E-state index is 12.0. The molecule has 1 N–H and O–H groups in total. The minimum Gasteiger partial charge on any atom is -0.266 e. The summed E-state index contributed by atoms with van der Waals surface area (Å²) in [5.74, 6) is 0. The lowest BCUT2D eigenvalue weighted by molar-refractivity contribution is 0.408. The third-order valence-corrected chi connectivity index (χ3v) is 3.87. The van der Waals surface area contributed by atoms with Gasteiger partial charge in [-0.1, -0.05) is 13.8 Å². The summed E-state index contributed by atoms with van der Waals surface area (Å²) in [6, 6.07) is 1.48. The van der Waals surface area contributed by atoms with E-state index in [1.165, 1.54) is 16.6 Å². The second-order valence-electron chi connectivity index (χ2n) is 3.32. The Balaban J connectivity index is 2.91. The normalized spacial score (nSPS) is 12.2. The maximum atomic E-state index is 12.0. The monoisotopic (exact) mass is 231 g/mol. The van der Waals surface area contributed by atoms with Crippen molar-refractivity contribution in [1.82, 2.24) is 14.5 Å². The zero-order valence-electron chi connectivity index (χ0n) is 9.10. The molecule has 1 aromatic heterocycles. The molecule has 0 radical (unpaired) electrons. The van der Waals surface area contributed by atoms with Crippen molar-refractivity contribution in [3.05, 3.63) is 12.3 Å². The van der Waals surface area contributed by atoms with Crippen molar-refractivity contribution in [2.75, 3.05) is 13.1 Å². The summed E-state index contributed by atoms with van der Waals surface area (Å²) < 4.78 is 25.5. The summed E-state index contributed by atoms with van der Waals surface area (Å²) in [6.07, 6.45) is 3.07. The molecule has 0 aliphatic rings. The van der Waals surface area contributed by atoms with E-state index in [1.807, 2.05) is 13.8 Å². The third-order valence-electron chi connectivity index (χ3n) is 2.04. The average molecular weight is 231 g/mol. The van der Waals surface area contributed by atoms with Gasteiger partial charge in [-0.3, -0.25) is 5.10 Å². The van der Waals surface area contributed by atoms with Crippen LogP contribution >= 0.6 is 0 Å². The number of nitrogens with zero attached hydrogens (tertiary/aromatic N) is 2. The van der Waals surface area contributed by atoms with Gasteiger partial charge in [0, 0.05) is 13.1 Å². The largest absolute Gasteiger partial charge is 0.266 e. The number of nitrogens with one attached hydrogen (secondary N) is 1. The molecule has 0 fully saturated rings. The molecule has 0 amide bonds. The quantitative estimate of drug-likeness (QED) is 0.800. The van der Waals surface area contributed by atoms with Gasteiger partial charge in [-0.05, 0) is 18.9 Å². The minimum absolute atomic E-state index is 0.171. The topological polar surface area (TPSA) is 66.1 Å². The van der Waals surface area contributed by atoms with E-state index >= 15 is 0 Å². The van der Waals surface area contributed by atoms with E-state index < -0.39 is 10.0 Å². The average Bonchev–Trinajstić information content (AvgIpc) is 2.70. The van der Waals surface area contributed by atoms with Crippen LogP contribution in [0.5, 0.6) is 0 Å². The van der Waals surface area contributed by atoms with Crippen LogP contribution in [-0.4, -0.2) is 36.0 Å². The molecule has 0 aromatic carbocycles. The lowest BCUT2D eigenvalue weighted by Gasteiger charge is -2.19. The Hall–Kier alpha value is -0.880. The molecule has 0 atom stereocenters. The number of H-pyrrole nitrogens is 1. The van der Waals surface area contributed by atoms with Gasteiger partial charge in [0.15, 0.2) is 5.03 Å². The molecule has 6 heteroatoms. The van der Waals surface area contributed by atoms with Gasteiger partial charge in [-0.25, -0.2) is 8.42 Å². The Bertz CT molecular complexity index is 366. The number of hydrogen-bond donors (Lipinski definition) is 1. The van der Waals surface area contributed by atoms with Crippen LogP contribution < -0.4 is 0 Å². The van der Waals surface area contributed by atoms with Crippen LogP contribution in [0.2, 0.25) is 0 Å². The van der Waals surface area contributed by atoms with Crippen molar-refractivity contribution in [3.8, 4) is 0 Å². The SMILES string of the molecule is CCCN(CCC)S(=O)(=O)c1ccn[nH]1. The molecule has 0 saturated carbocycles. The molecule has 86 valence electrons. The lowest BCUT2D eigenvalue weighted by Crippen LogP contribution is -2.32. The Morgan fingerprint density at radius 1 is 1.33 bits per heavy atom. The summed E-state index contributed by atoms with van der Waals surface area (Å²) in [5.41, 5.74) is 0. The molecule has 1 heterocycles. The van der Waals surface area contributed by atoms with Crippen molar-refractivity contribution in [2.45, 2.75) is 31.7 Å².